The van der Waals surface area contributed by atoms with E-state index in [0.717, 1.165) is 44.8 Å². The van der Waals surface area contributed by atoms with Gasteiger partial charge in [-0.1, -0.05) is 60.7 Å². The molecule has 214 valence electrons. The third-order valence-corrected chi connectivity index (χ3v) is 7.92. The fourth-order valence-corrected chi connectivity index (χ4v) is 5.04. The van der Waals surface area contributed by atoms with Crippen LogP contribution in [0, 0.1) is 27.7 Å². The molecule has 0 saturated heterocycles. The second kappa shape index (κ2) is 12.3. The SMILES string of the molecule is Cc1c(/C=C2/CC/C(=C/c3[nH]c(C(=O)OCc4ccccc4)c(C)c3C)C2=O)[nH]c(C(=O)OCc2ccccc2)c1C. The molecule has 2 N–H and O–H groups in total. The molecule has 0 bridgehead atoms. The number of aromatic amines is 2. The molecule has 7 heteroatoms. The predicted molar refractivity (Wildman–Crippen MR) is 162 cm³/mol. The molecule has 0 aliphatic heterocycles. The summed E-state index contributed by atoms with van der Waals surface area (Å²) in [6, 6.07) is 19.0. The number of Topliss-reactive ketones (excluding diaryl/α,β-unsaturated/α-hetero) is 1. The molecule has 2 aromatic heterocycles. The molecule has 0 atom stereocenters. The van der Waals surface area contributed by atoms with E-state index in [4.69, 9.17) is 9.47 Å². The number of rotatable bonds is 8. The molecular formula is C35H34N2O5. The topological polar surface area (TPSA) is 101 Å². The van der Waals surface area contributed by atoms with Crippen molar-refractivity contribution in [3.05, 3.63) is 128 Å². The Morgan fingerprint density at radius 1 is 0.643 bits per heavy atom. The average Bonchev–Trinajstić information content (AvgIpc) is 3.60. The molecule has 1 aliphatic carbocycles. The number of carbonyl (C=O) groups excluding carboxylic acids is 3. The summed E-state index contributed by atoms with van der Waals surface area (Å²) in [6.07, 6.45) is 4.83. The first kappa shape index (κ1) is 28.6. The second-order valence-electron chi connectivity index (χ2n) is 10.6. The lowest BCUT2D eigenvalue weighted by Crippen LogP contribution is -2.07. The quantitative estimate of drug-likeness (QED) is 0.176. The molecule has 2 heterocycles. The fraction of sp³-hybridized carbons (Fsp3) is 0.229. The van der Waals surface area contributed by atoms with Gasteiger partial charge in [-0.15, -0.1) is 0 Å². The summed E-state index contributed by atoms with van der Waals surface area (Å²) in [5.41, 5.74) is 8.76. The van der Waals surface area contributed by atoms with Gasteiger partial charge in [0.05, 0.1) is 0 Å². The monoisotopic (exact) mass is 562 g/mol. The van der Waals surface area contributed by atoms with Crippen LogP contribution >= 0.6 is 0 Å². The minimum Gasteiger partial charge on any atom is -0.456 e. The van der Waals surface area contributed by atoms with E-state index >= 15 is 0 Å². The highest BCUT2D eigenvalue weighted by atomic mass is 16.5. The van der Waals surface area contributed by atoms with Crippen LogP contribution in [0.1, 0.15) is 78.6 Å². The number of esters is 2. The van der Waals surface area contributed by atoms with Crippen LogP contribution in [0.2, 0.25) is 0 Å². The van der Waals surface area contributed by atoms with Crippen LogP contribution in [0.5, 0.6) is 0 Å². The maximum atomic E-state index is 13.4. The van der Waals surface area contributed by atoms with Gasteiger partial charge in [0, 0.05) is 22.5 Å². The van der Waals surface area contributed by atoms with E-state index in [9.17, 15) is 14.4 Å². The van der Waals surface area contributed by atoms with E-state index in [2.05, 4.69) is 9.97 Å². The van der Waals surface area contributed by atoms with Gasteiger partial charge in [-0.3, -0.25) is 4.79 Å². The molecule has 2 aromatic carbocycles. The first-order chi connectivity index (χ1) is 20.2. The van der Waals surface area contributed by atoms with Gasteiger partial charge in [0.2, 0.25) is 0 Å². The van der Waals surface area contributed by atoms with Crippen LogP contribution in [0.15, 0.2) is 71.8 Å². The zero-order valence-electron chi connectivity index (χ0n) is 24.3. The predicted octanol–water partition coefficient (Wildman–Crippen LogP) is 7.12. The molecule has 0 amide bonds. The highest BCUT2D eigenvalue weighted by Gasteiger charge is 2.26. The van der Waals surface area contributed by atoms with Gasteiger partial charge in [-0.25, -0.2) is 9.59 Å². The Labute approximate surface area is 245 Å². The summed E-state index contributed by atoms with van der Waals surface area (Å²) in [5.74, 6) is -0.911. The van der Waals surface area contributed by atoms with Crippen LogP contribution in [0.3, 0.4) is 0 Å². The van der Waals surface area contributed by atoms with Gasteiger partial charge in [-0.05, 0) is 86.1 Å². The molecule has 0 spiro atoms. The van der Waals surface area contributed by atoms with E-state index in [-0.39, 0.29) is 19.0 Å². The number of ketones is 1. The first-order valence-corrected chi connectivity index (χ1v) is 14.0. The molecule has 1 saturated carbocycles. The first-order valence-electron chi connectivity index (χ1n) is 14.0. The summed E-state index contributed by atoms with van der Waals surface area (Å²) < 4.78 is 11.0. The van der Waals surface area contributed by atoms with E-state index in [1.165, 1.54) is 0 Å². The zero-order chi connectivity index (χ0) is 29.8. The smallest absolute Gasteiger partial charge is 0.355 e. The van der Waals surface area contributed by atoms with Crippen LogP contribution in [-0.2, 0) is 27.5 Å². The van der Waals surface area contributed by atoms with Crippen molar-refractivity contribution < 1.29 is 23.9 Å². The molecule has 7 nitrogen and oxygen atoms in total. The van der Waals surface area contributed by atoms with Crippen molar-refractivity contribution in [3.63, 3.8) is 0 Å². The molecule has 1 aliphatic rings. The van der Waals surface area contributed by atoms with Crippen molar-refractivity contribution in [2.75, 3.05) is 0 Å². The second-order valence-corrected chi connectivity index (χ2v) is 10.6. The molecule has 4 aromatic rings. The number of benzene rings is 2. The third kappa shape index (κ3) is 6.05. The number of hydrogen-bond donors (Lipinski definition) is 2. The van der Waals surface area contributed by atoms with Crippen molar-refractivity contribution in [1.82, 2.24) is 9.97 Å². The summed E-state index contributed by atoms with van der Waals surface area (Å²) in [4.78, 5) is 45.3. The number of nitrogens with one attached hydrogen (secondary N) is 2. The maximum absolute atomic E-state index is 13.4. The average molecular weight is 563 g/mol. The number of H-pyrrole nitrogens is 2. The number of carbonyl (C=O) groups is 3. The lowest BCUT2D eigenvalue weighted by molar-refractivity contribution is -0.111. The normalized spacial score (nSPS) is 15.0. The van der Waals surface area contributed by atoms with Crippen molar-refractivity contribution in [3.8, 4) is 0 Å². The van der Waals surface area contributed by atoms with Crippen LogP contribution in [-0.4, -0.2) is 27.7 Å². The number of ether oxygens (including phenoxy) is 2. The Hall–Kier alpha value is -4.91. The number of aromatic nitrogens is 2. The maximum Gasteiger partial charge on any atom is 0.355 e. The Morgan fingerprint density at radius 2 is 1.02 bits per heavy atom. The lowest BCUT2D eigenvalue weighted by Gasteiger charge is -2.04. The third-order valence-electron chi connectivity index (χ3n) is 7.92. The van der Waals surface area contributed by atoms with Crippen LogP contribution in [0.25, 0.3) is 12.2 Å². The largest absolute Gasteiger partial charge is 0.456 e. The van der Waals surface area contributed by atoms with Crippen LogP contribution < -0.4 is 0 Å². The fourth-order valence-electron chi connectivity index (χ4n) is 5.04. The Morgan fingerprint density at radius 3 is 1.40 bits per heavy atom. The Kier molecular flexibility index (Phi) is 8.38. The molecule has 1 fully saturated rings. The number of allylic oxidation sites excluding steroid dienone is 2. The van der Waals surface area contributed by atoms with E-state index in [1.807, 2.05) is 101 Å². The highest BCUT2D eigenvalue weighted by molar-refractivity contribution is 6.15. The summed E-state index contributed by atoms with van der Waals surface area (Å²) in [7, 11) is 0. The molecule has 42 heavy (non-hydrogen) atoms. The minimum absolute atomic E-state index is 0.0466. The summed E-state index contributed by atoms with van der Waals surface area (Å²) >= 11 is 0. The summed E-state index contributed by atoms with van der Waals surface area (Å²) in [5, 5.41) is 0. The van der Waals surface area contributed by atoms with Gasteiger partial charge in [0.25, 0.3) is 0 Å². The Balaban J connectivity index is 1.29. The van der Waals surface area contributed by atoms with E-state index in [0.29, 0.717) is 35.4 Å². The van der Waals surface area contributed by atoms with Gasteiger partial charge in [-0.2, -0.15) is 0 Å². The highest BCUT2D eigenvalue weighted by Crippen LogP contribution is 2.32. The Bertz CT molecular complexity index is 1580. The molecule has 5 rings (SSSR count). The van der Waals surface area contributed by atoms with Crippen molar-refractivity contribution >= 4 is 29.9 Å². The van der Waals surface area contributed by atoms with E-state index in [1.54, 1.807) is 0 Å². The van der Waals surface area contributed by atoms with Crippen LogP contribution in [0.4, 0.5) is 0 Å². The molecule has 0 unspecified atom stereocenters. The zero-order valence-corrected chi connectivity index (χ0v) is 24.3. The van der Waals surface area contributed by atoms with Crippen molar-refractivity contribution in [1.29, 1.82) is 0 Å². The standard InChI is InChI=1S/C35H34N2O5/c1-21-23(3)31(34(39)41-19-25-11-7-5-8-12-25)36-29(21)17-27-15-16-28(33(27)38)18-30-22(2)24(4)32(37-30)35(40)42-20-26-13-9-6-10-14-26/h5-14,17-18,36-37H,15-16,19-20H2,1-4H3/b27-17-,28-18-. The van der Waals surface area contributed by atoms with Crippen molar-refractivity contribution in [2.24, 2.45) is 0 Å². The van der Waals surface area contributed by atoms with Gasteiger partial charge < -0.3 is 19.4 Å². The van der Waals surface area contributed by atoms with E-state index < -0.39 is 11.9 Å². The van der Waals surface area contributed by atoms with Crippen molar-refractivity contribution in [2.45, 2.75) is 53.8 Å². The summed E-state index contributed by atoms with van der Waals surface area (Å²) in [6.45, 7) is 7.95. The van der Waals surface area contributed by atoms with Gasteiger partial charge >= 0.3 is 11.9 Å². The number of hydrogen-bond acceptors (Lipinski definition) is 5. The molecule has 0 radical (unpaired) electrons. The minimum atomic E-state index is -0.432. The lowest BCUT2D eigenvalue weighted by atomic mass is 10.1. The molecular weight excluding hydrogens is 528 g/mol. The van der Waals surface area contributed by atoms with Gasteiger partial charge in [0.15, 0.2) is 5.78 Å². The van der Waals surface area contributed by atoms with Gasteiger partial charge in [0.1, 0.15) is 24.6 Å².